The number of anilines is 1. The summed E-state index contributed by atoms with van der Waals surface area (Å²) in [4.78, 5) is 15.3. The van der Waals surface area contributed by atoms with Crippen LogP contribution in [-0.2, 0) is 17.1 Å². The van der Waals surface area contributed by atoms with Gasteiger partial charge in [0, 0.05) is 24.0 Å². The molecule has 0 atom stereocenters. The van der Waals surface area contributed by atoms with Crippen LogP contribution < -0.4 is 4.72 Å². The Labute approximate surface area is 152 Å². The molecule has 0 bridgehead atoms. The van der Waals surface area contributed by atoms with Crippen molar-refractivity contribution in [2.75, 3.05) is 4.72 Å². The van der Waals surface area contributed by atoms with Crippen molar-refractivity contribution >= 4 is 43.6 Å². The maximum Gasteiger partial charge on any atom is 0.357 e. The van der Waals surface area contributed by atoms with Crippen molar-refractivity contribution in [1.82, 2.24) is 25.0 Å². The molecule has 138 valence electrons. The highest BCUT2D eigenvalue weighted by atomic mass is 32.2. The van der Waals surface area contributed by atoms with Crippen molar-refractivity contribution in [2.24, 2.45) is 7.05 Å². The number of hydrogen-bond donors (Lipinski definition) is 3. The smallest absolute Gasteiger partial charge is 0.357 e. The number of carboxylic acids is 1. The van der Waals surface area contributed by atoms with Crippen molar-refractivity contribution in [3.05, 3.63) is 41.9 Å². The van der Waals surface area contributed by atoms with Crippen molar-refractivity contribution < 1.29 is 18.3 Å². The molecule has 0 radical (unpaired) electrons. The quantitative estimate of drug-likeness (QED) is 0.484. The minimum atomic E-state index is -3.89. The Kier molecular flexibility index (Phi) is 3.63. The van der Waals surface area contributed by atoms with Crippen LogP contribution in [0, 0.1) is 6.92 Å². The van der Waals surface area contributed by atoms with E-state index in [1.807, 2.05) is 0 Å². The molecule has 10 nitrogen and oxygen atoms in total. The summed E-state index contributed by atoms with van der Waals surface area (Å²) in [5.74, 6) is -1.17. The fourth-order valence-electron chi connectivity index (χ4n) is 2.90. The third-order valence-corrected chi connectivity index (χ3v) is 5.51. The number of aromatic carboxylic acids is 1. The molecule has 0 saturated heterocycles. The van der Waals surface area contributed by atoms with Gasteiger partial charge in [0.2, 0.25) is 0 Å². The number of fused-ring (bicyclic) bond motifs is 2. The number of nitrogens with one attached hydrogen (secondary N) is 2. The molecule has 0 amide bonds. The Bertz CT molecular complexity index is 1320. The number of benzene rings is 1. The van der Waals surface area contributed by atoms with Crippen LogP contribution in [0.2, 0.25) is 0 Å². The standard InChI is InChI=1S/C16H14N6O4S/c1-8-12-6-10(7-17-15(12)22(2)20-8)27(25,26)21-9-3-4-11-13(5-9)18-19-14(11)16(23)24/h3-7,21H,1-2H3,(H,18,19)(H,23,24). The molecule has 0 aliphatic carbocycles. The largest absolute Gasteiger partial charge is 0.476 e. The Morgan fingerprint density at radius 2 is 2.04 bits per heavy atom. The van der Waals surface area contributed by atoms with E-state index in [2.05, 4.69) is 25.0 Å². The second-order valence-corrected chi connectivity index (χ2v) is 7.68. The molecule has 11 heteroatoms. The second kappa shape index (κ2) is 5.77. The van der Waals surface area contributed by atoms with E-state index in [9.17, 15) is 13.2 Å². The average Bonchev–Trinajstić information content (AvgIpc) is 3.15. The summed E-state index contributed by atoms with van der Waals surface area (Å²) in [7, 11) is -2.15. The SMILES string of the molecule is Cc1nn(C)c2ncc(S(=O)(=O)Nc3ccc4c(C(=O)O)n[nH]c4c3)cc12. The summed E-state index contributed by atoms with van der Waals surface area (Å²) >= 11 is 0. The monoisotopic (exact) mass is 386 g/mol. The van der Waals surface area contributed by atoms with E-state index in [4.69, 9.17) is 5.11 Å². The summed E-state index contributed by atoms with van der Waals surface area (Å²) in [6.45, 7) is 1.78. The van der Waals surface area contributed by atoms with Crippen LogP contribution in [0.3, 0.4) is 0 Å². The normalized spacial score (nSPS) is 11.9. The molecule has 3 heterocycles. The number of pyridine rings is 1. The highest BCUT2D eigenvalue weighted by molar-refractivity contribution is 7.92. The first-order valence-electron chi connectivity index (χ1n) is 7.80. The van der Waals surface area contributed by atoms with E-state index in [1.165, 1.54) is 30.5 Å². The zero-order chi connectivity index (χ0) is 19.3. The Hall–Kier alpha value is -3.47. The summed E-state index contributed by atoms with van der Waals surface area (Å²) in [6, 6.07) is 5.97. The molecule has 4 rings (SSSR count). The number of H-pyrrole nitrogens is 1. The topological polar surface area (TPSA) is 143 Å². The van der Waals surface area contributed by atoms with Gasteiger partial charge in [0.05, 0.1) is 16.9 Å². The molecule has 3 N–H and O–H groups in total. The lowest BCUT2D eigenvalue weighted by Gasteiger charge is -2.08. The molecular formula is C16H14N6O4S. The van der Waals surface area contributed by atoms with Gasteiger partial charge >= 0.3 is 5.97 Å². The summed E-state index contributed by atoms with van der Waals surface area (Å²) in [5, 5.41) is 20.6. The van der Waals surface area contributed by atoms with E-state index in [0.29, 0.717) is 27.6 Å². The van der Waals surface area contributed by atoms with Crippen molar-refractivity contribution in [3.8, 4) is 0 Å². The maximum atomic E-state index is 12.7. The maximum absolute atomic E-state index is 12.7. The summed E-state index contributed by atoms with van der Waals surface area (Å²) in [6.07, 6.45) is 1.27. The van der Waals surface area contributed by atoms with Gasteiger partial charge in [0.1, 0.15) is 4.90 Å². The number of hydrogen-bond acceptors (Lipinski definition) is 6. The Morgan fingerprint density at radius 1 is 1.26 bits per heavy atom. The van der Waals surface area contributed by atoms with Gasteiger partial charge < -0.3 is 5.11 Å². The van der Waals surface area contributed by atoms with Crippen LogP contribution in [0.4, 0.5) is 5.69 Å². The van der Waals surface area contributed by atoms with Crippen LogP contribution in [-0.4, -0.2) is 44.5 Å². The third-order valence-electron chi connectivity index (χ3n) is 4.17. The fraction of sp³-hybridized carbons (Fsp3) is 0.125. The zero-order valence-corrected chi connectivity index (χ0v) is 15.1. The lowest BCUT2D eigenvalue weighted by molar-refractivity contribution is 0.0692. The first-order valence-corrected chi connectivity index (χ1v) is 9.28. The van der Waals surface area contributed by atoms with E-state index in [-0.39, 0.29) is 16.3 Å². The van der Waals surface area contributed by atoms with Gasteiger partial charge in [-0.05, 0) is 31.2 Å². The molecule has 1 aromatic carbocycles. The zero-order valence-electron chi connectivity index (χ0n) is 14.3. The number of aromatic nitrogens is 5. The number of nitrogens with zero attached hydrogens (tertiary/aromatic N) is 4. The number of aryl methyl sites for hydroxylation is 2. The number of sulfonamides is 1. The summed E-state index contributed by atoms with van der Waals surface area (Å²) in [5.41, 5.74) is 1.82. The molecule has 0 unspecified atom stereocenters. The number of carboxylic acid groups (broad SMARTS) is 1. The van der Waals surface area contributed by atoms with Gasteiger partial charge in [0.25, 0.3) is 10.0 Å². The summed E-state index contributed by atoms with van der Waals surface area (Å²) < 4.78 is 29.5. The van der Waals surface area contributed by atoms with Crippen LogP contribution in [0.25, 0.3) is 21.9 Å². The van der Waals surface area contributed by atoms with Gasteiger partial charge in [-0.1, -0.05) is 0 Å². The van der Waals surface area contributed by atoms with E-state index < -0.39 is 16.0 Å². The molecule has 0 saturated carbocycles. The van der Waals surface area contributed by atoms with Crippen molar-refractivity contribution in [2.45, 2.75) is 11.8 Å². The van der Waals surface area contributed by atoms with Crippen molar-refractivity contribution in [1.29, 1.82) is 0 Å². The van der Waals surface area contributed by atoms with Crippen LogP contribution in [0.5, 0.6) is 0 Å². The Morgan fingerprint density at radius 3 is 2.78 bits per heavy atom. The highest BCUT2D eigenvalue weighted by Gasteiger charge is 2.19. The number of aromatic amines is 1. The third kappa shape index (κ3) is 2.77. The number of carbonyl (C=O) groups is 1. The molecule has 0 spiro atoms. The van der Waals surface area contributed by atoms with Gasteiger partial charge in [-0.25, -0.2) is 18.2 Å². The fourth-order valence-corrected chi connectivity index (χ4v) is 3.92. The van der Waals surface area contributed by atoms with Crippen molar-refractivity contribution in [3.63, 3.8) is 0 Å². The van der Waals surface area contributed by atoms with E-state index >= 15 is 0 Å². The predicted molar refractivity (Wildman–Crippen MR) is 97.1 cm³/mol. The lowest BCUT2D eigenvalue weighted by Crippen LogP contribution is -2.13. The molecule has 0 aliphatic rings. The minimum absolute atomic E-state index is 0.00188. The predicted octanol–water partition coefficient (Wildman–Crippen LogP) is 1.65. The minimum Gasteiger partial charge on any atom is -0.476 e. The molecule has 0 aliphatic heterocycles. The lowest BCUT2D eigenvalue weighted by atomic mass is 10.2. The molecule has 0 fully saturated rings. The van der Waals surface area contributed by atoms with Crippen LogP contribution in [0.1, 0.15) is 16.2 Å². The molecule has 4 aromatic rings. The molecule has 27 heavy (non-hydrogen) atoms. The first-order chi connectivity index (χ1) is 12.8. The average molecular weight is 386 g/mol. The van der Waals surface area contributed by atoms with Crippen LogP contribution in [0.15, 0.2) is 35.4 Å². The molecular weight excluding hydrogens is 372 g/mol. The van der Waals surface area contributed by atoms with E-state index in [0.717, 1.165) is 0 Å². The van der Waals surface area contributed by atoms with Crippen LogP contribution >= 0.6 is 0 Å². The highest BCUT2D eigenvalue weighted by Crippen LogP contribution is 2.24. The second-order valence-electron chi connectivity index (χ2n) is 5.99. The van der Waals surface area contributed by atoms with E-state index in [1.54, 1.807) is 18.7 Å². The first kappa shape index (κ1) is 17.0. The van der Waals surface area contributed by atoms with Gasteiger partial charge in [-0.2, -0.15) is 10.2 Å². The van der Waals surface area contributed by atoms with Gasteiger partial charge in [0.15, 0.2) is 11.3 Å². The molecule has 3 aromatic heterocycles. The Balaban J connectivity index is 1.72. The van der Waals surface area contributed by atoms with Gasteiger partial charge in [-0.3, -0.25) is 14.5 Å². The van der Waals surface area contributed by atoms with Gasteiger partial charge in [-0.15, -0.1) is 0 Å². The number of rotatable bonds is 4.